The lowest BCUT2D eigenvalue weighted by Crippen LogP contribution is -2.61. The number of imidazole rings is 1. The molecule has 0 amide bonds. The molecule has 0 aliphatic heterocycles. The number of rotatable bonds is 1. The topological polar surface area (TPSA) is 72.9 Å². The monoisotopic (exact) mass is 334 g/mol. The van der Waals surface area contributed by atoms with Crippen molar-refractivity contribution in [2.45, 2.75) is 49.7 Å². The van der Waals surface area contributed by atoms with Crippen LogP contribution in [0.15, 0.2) is 11.0 Å². The lowest BCUT2D eigenvalue weighted by molar-refractivity contribution is -0.156. The highest BCUT2D eigenvalue weighted by Gasteiger charge is 2.59. The van der Waals surface area contributed by atoms with E-state index in [9.17, 15) is 9.90 Å². The first-order valence-corrected chi connectivity index (χ1v) is 8.60. The summed E-state index contributed by atoms with van der Waals surface area (Å²) in [6, 6.07) is 0. The zero-order valence-corrected chi connectivity index (χ0v) is 13.8. The van der Waals surface area contributed by atoms with Gasteiger partial charge in [0.25, 0.3) is 0 Å². The summed E-state index contributed by atoms with van der Waals surface area (Å²) < 4.78 is 3.41. The SMILES string of the molecule is Cn1c(=O)n(C23CC4CC(CC(O)(C4)C2)C3)c2nc(Cl)ncc21. The Kier molecular flexibility index (Phi) is 2.53. The summed E-state index contributed by atoms with van der Waals surface area (Å²) in [5, 5.41) is 11.1. The molecule has 6 rings (SSSR count). The van der Waals surface area contributed by atoms with Crippen molar-refractivity contribution in [3.05, 3.63) is 22.0 Å². The van der Waals surface area contributed by atoms with E-state index in [1.54, 1.807) is 17.8 Å². The molecule has 2 atom stereocenters. The summed E-state index contributed by atoms with van der Waals surface area (Å²) in [6.45, 7) is 0. The van der Waals surface area contributed by atoms with Crippen molar-refractivity contribution in [2.75, 3.05) is 0 Å². The van der Waals surface area contributed by atoms with E-state index < -0.39 is 5.60 Å². The Bertz CT molecular complexity index is 872. The maximum atomic E-state index is 13.0. The number of nitrogens with zero attached hydrogens (tertiary/aromatic N) is 4. The van der Waals surface area contributed by atoms with Crippen LogP contribution in [0.5, 0.6) is 0 Å². The normalized spacial score (nSPS) is 38.6. The molecule has 6 nitrogen and oxygen atoms in total. The van der Waals surface area contributed by atoms with Gasteiger partial charge in [-0.05, 0) is 62.0 Å². The third-order valence-electron chi connectivity index (χ3n) is 6.25. The van der Waals surface area contributed by atoms with Gasteiger partial charge in [-0.3, -0.25) is 9.13 Å². The van der Waals surface area contributed by atoms with E-state index in [2.05, 4.69) is 9.97 Å². The van der Waals surface area contributed by atoms with Crippen LogP contribution in [0.4, 0.5) is 0 Å². The molecule has 1 N–H and O–H groups in total. The van der Waals surface area contributed by atoms with E-state index in [0.29, 0.717) is 29.4 Å². The first kappa shape index (κ1) is 14.0. The zero-order valence-electron chi connectivity index (χ0n) is 13.0. The smallest absolute Gasteiger partial charge is 0.330 e. The van der Waals surface area contributed by atoms with Gasteiger partial charge in [0, 0.05) is 7.05 Å². The van der Waals surface area contributed by atoms with Gasteiger partial charge in [0.1, 0.15) is 5.52 Å². The molecule has 4 fully saturated rings. The number of aliphatic hydroxyl groups is 1. The Hall–Kier alpha value is -1.40. The van der Waals surface area contributed by atoms with Crippen LogP contribution in [0.25, 0.3) is 11.2 Å². The highest BCUT2D eigenvalue weighted by atomic mass is 35.5. The van der Waals surface area contributed by atoms with Gasteiger partial charge in [0.2, 0.25) is 5.28 Å². The van der Waals surface area contributed by atoms with Crippen LogP contribution in [0, 0.1) is 11.8 Å². The summed E-state index contributed by atoms with van der Waals surface area (Å²) in [7, 11) is 1.74. The standard InChI is InChI=1S/C16H19ClN4O2/c1-20-11-7-18-13(17)19-12(11)21(14(20)22)15-3-9-2-10(4-15)6-16(23,5-9)8-15/h7,9-10,23H,2-6,8H2,1H3. The van der Waals surface area contributed by atoms with Crippen LogP contribution in [-0.4, -0.2) is 29.8 Å². The third kappa shape index (κ3) is 1.76. The fraction of sp³-hybridized carbons (Fsp3) is 0.688. The molecule has 4 bridgehead atoms. The van der Waals surface area contributed by atoms with Gasteiger partial charge in [-0.1, -0.05) is 0 Å². The Morgan fingerprint density at radius 1 is 1.30 bits per heavy atom. The second-order valence-electron chi connectivity index (χ2n) is 7.93. The third-order valence-corrected chi connectivity index (χ3v) is 6.43. The van der Waals surface area contributed by atoms with E-state index in [1.807, 2.05) is 4.57 Å². The summed E-state index contributed by atoms with van der Waals surface area (Å²) in [6.07, 6.45) is 7.09. The molecule has 4 aliphatic carbocycles. The maximum Gasteiger partial charge on any atom is 0.330 e. The molecule has 2 heterocycles. The van der Waals surface area contributed by atoms with Gasteiger partial charge < -0.3 is 5.11 Å². The molecule has 0 aromatic carbocycles. The number of hydrogen-bond donors (Lipinski definition) is 1. The first-order valence-electron chi connectivity index (χ1n) is 8.22. The van der Waals surface area contributed by atoms with Crippen LogP contribution in [0.2, 0.25) is 5.28 Å². The van der Waals surface area contributed by atoms with E-state index >= 15 is 0 Å². The minimum Gasteiger partial charge on any atom is -0.390 e. The Balaban J connectivity index is 1.79. The van der Waals surface area contributed by atoms with Crippen molar-refractivity contribution < 1.29 is 5.11 Å². The van der Waals surface area contributed by atoms with E-state index in [0.717, 1.165) is 25.7 Å². The Labute approximate surface area is 138 Å². The summed E-state index contributed by atoms with van der Waals surface area (Å²) >= 11 is 5.99. The van der Waals surface area contributed by atoms with Crippen molar-refractivity contribution in [2.24, 2.45) is 18.9 Å². The minimum atomic E-state index is -0.623. The van der Waals surface area contributed by atoms with Crippen molar-refractivity contribution in [3.8, 4) is 0 Å². The van der Waals surface area contributed by atoms with Crippen molar-refractivity contribution >= 4 is 22.8 Å². The molecule has 2 aromatic heterocycles. The predicted molar refractivity (Wildman–Crippen MR) is 85.4 cm³/mol. The lowest BCUT2D eigenvalue weighted by atomic mass is 9.51. The van der Waals surface area contributed by atoms with Crippen molar-refractivity contribution in [1.82, 2.24) is 19.1 Å². The Morgan fingerprint density at radius 2 is 2.00 bits per heavy atom. The number of halogens is 1. The molecule has 4 saturated carbocycles. The average Bonchev–Trinajstić information content (AvgIpc) is 2.68. The molecular weight excluding hydrogens is 316 g/mol. The minimum absolute atomic E-state index is 0.0814. The fourth-order valence-corrected chi connectivity index (χ4v) is 6.07. The predicted octanol–water partition coefficient (Wildman–Crippen LogP) is 1.82. The number of hydrogen-bond acceptors (Lipinski definition) is 4. The van der Waals surface area contributed by atoms with Crippen molar-refractivity contribution in [3.63, 3.8) is 0 Å². The highest BCUT2D eigenvalue weighted by Crippen LogP contribution is 2.60. The zero-order chi connectivity index (χ0) is 16.0. The highest BCUT2D eigenvalue weighted by molar-refractivity contribution is 6.28. The van der Waals surface area contributed by atoms with Crippen LogP contribution in [0.3, 0.4) is 0 Å². The summed E-state index contributed by atoms with van der Waals surface area (Å²) in [5.74, 6) is 1.00. The molecule has 7 heteroatoms. The second kappa shape index (κ2) is 4.16. The molecule has 2 aromatic rings. The summed E-state index contributed by atoms with van der Waals surface area (Å²) in [5.41, 5.74) is 0.266. The molecule has 122 valence electrons. The van der Waals surface area contributed by atoms with Crippen LogP contribution >= 0.6 is 11.6 Å². The van der Waals surface area contributed by atoms with Gasteiger partial charge >= 0.3 is 5.69 Å². The van der Waals surface area contributed by atoms with Crippen LogP contribution in [0.1, 0.15) is 38.5 Å². The quantitative estimate of drug-likeness (QED) is 0.807. The molecule has 0 spiro atoms. The van der Waals surface area contributed by atoms with E-state index in [1.165, 1.54) is 6.42 Å². The van der Waals surface area contributed by atoms with Crippen LogP contribution < -0.4 is 5.69 Å². The molecule has 23 heavy (non-hydrogen) atoms. The fourth-order valence-electron chi connectivity index (χ4n) is 5.95. The van der Waals surface area contributed by atoms with Gasteiger partial charge in [-0.15, -0.1) is 0 Å². The van der Waals surface area contributed by atoms with Gasteiger partial charge in [-0.25, -0.2) is 9.78 Å². The van der Waals surface area contributed by atoms with Gasteiger partial charge in [-0.2, -0.15) is 4.98 Å². The van der Waals surface area contributed by atoms with Gasteiger partial charge in [0.15, 0.2) is 5.65 Å². The average molecular weight is 335 g/mol. The van der Waals surface area contributed by atoms with Gasteiger partial charge in [0.05, 0.1) is 17.3 Å². The van der Waals surface area contributed by atoms with E-state index in [-0.39, 0.29) is 16.5 Å². The Morgan fingerprint density at radius 3 is 2.65 bits per heavy atom. The van der Waals surface area contributed by atoms with E-state index in [4.69, 9.17) is 11.6 Å². The lowest BCUT2D eigenvalue weighted by Gasteiger charge is -2.60. The molecule has 4 aliphatic rings. The largest absolute Gasteiger partial charge is 0.390 e. The number of fused-ring (bicyclic) bond motifs is 1. The maximum absolute atomic E-state index is 13.0. The second-order valence-corrected chi connectivity index (χ2v) is 8.27. The van der Waals surface area contributed by atoms with Crippen molar-refractivity contribution in [1.29, 1.82) is 0 Å². The summed E-state index contributed by atoms with van der Waals surface area (Å²) in [4.78, 5) is 21.3. The molecular formula is C16H19ClN4O2. The number of aromatic nitrogens is 4. The number of aryl methyl sites for hydroxylation is 1. The molecule has 0 radical (unpaired) electrons. The first-order chi connectivity index (χ1) is 10.9. The van der Waals surface area contributed by atoms with Crippen LogP contribution in [-0.2, 0) is 12.6 Å². The molecule has 0 saturated heterocycles. The molecule has 2 unspecified atom stereocenters.